The van der Waals surface area contributed by atoms with E-state index < -0.39 is 6.10 Å². The number of nitrogens with zero attached hydrogens (tertiary/aromatic N) is 2. The molecule has 0 aliphatic carbocycles. The molecule has 0 amide bonds. The fourth-order valence-electron chi connectivity index (χ4n) is 1.99. The van der Waals surface area contributed by atoms with Crippen molar-refractivity contribution in [2.45, 2.75) is 13.0 Å². The number of aliphatic hydroxyl groups is 1. The van der Waals surface area contributed by atoms with Gasteiger partial charge in [-0.2, -0.15) is 5.10 Å². The maximum atomic E-state index is 13.1. The van der Waals surface area contributed by atoms with Gasteiger partial charge in [-0.3, -0.25) is 4.68 Å². The molecule has 0 radical (unpaired) electrons. The van der Waals surface area contributed by atoms with E-state index in [1.54, 1.807) is 24.7 Å². The Morgan fingerprint density at radius 1 is 1.44 bits per heavy atom. The van der Waals surface area contributed by atoms with E-state index in [-0.39, 0.29) is 5.82 Å². The topological polar surface area (TPSA) is 47.3 Å². The van der Waals surface area contributed by atoms with Crippen molar-refractivity contribution < 1.29 is 14.2 Å². The van der Waals surface area contributed by atoms with Gasteiger partial charge in [0.25, 0.3) is 0 Å². The van der Waals surface area contributed by atoms with Crippen LogP contribution in [0.2, 0.25) is 0 Å². The maximum absolute atomic E-state index is 13.1. The molecule has 1 heterocycles. The Morgan fingerprint density at radius 3 is 2.78 bits per heavy atom. The summed E-state index contributed by atoms with van der Waals surface area (Å²) in [4.78, 5) is 0. The van der Waals surface area contributed by atoms with Gasteiger partial charge in [-0.25, -0.2) is 4.39 Å². The van der Waals surface area contributed by atoms with Crippen LogP contribution in [0.1, 0.15) is 22.9 Å². The van der Waals surface area contributed by atoms with Gasteiger partial charge in [0.05, 0.1) is 13.3 Å². The SMILES string of the molecule is COc1cnn(C)c1C(O)c1ccc(F)cc1C. The average molecular weight is 250 g/mol. The van der Waals surface area contributed by atoms with Crippen LogP contribution >= 0.6 is 0 Å². The first kappa shape index (κ1) is 12.6. The lowest BCUT2D eigenvalue weighted by atomic mass is 10.0. The summed E-state index contributed by atoms with van der Waals surface area (Å²) in [6, 6.07) is 4.29. The number of aromatic nitrogens is 2. The fourth-order valence-corrected chi connectivity index (χ4v) is 1.99. The van der Waals surface area contributed by atoms with Crippen LogP contribution in [0, 0.1) is 12.7 Å². The highest BCUT2D eigenvalue weighted by Gasteiger charge is 2.21. The second-order valence-electron chi connectivity index (χ2n) is 4.13. The minimum absolute atomic E-state index is 0.319. The molecule has 2 rings (SSSR count). The monoisotopic (exact) mass is 250 g/mol. The summed E-state index contributed by atoms with van der Waals surface area (Å²) >= 11 is 0. The van der Waals surface area contributed by atoms with E-state index in [1.165, 1.54) is 25.4 Å². The molecule has 0 saturated heterocycles. The van der Waals surface area contributed by atoms with Crippen molar-refractivity contribution in [2.24, 2.45) is 7.05 Å². The van der Waals surface area contributed by atoms with Crippen LogP contribution in [0.25, 0.3) is 0 Å². The number of halogens is 1. The van der Waals surface area contributed by atoms with Crippen LogP contribution in [0.15, 0.2) is 24.4 Å². The van der Waals surface area contributed by atoms with E-state index in [1.807, 2.05) is 0 Å². The molecule has 0 spiro atoms. The van der Waals surface area contributed by atoms with E-state index in [9.17, 15) is 9.50 Å². The average Bonchev–Trinajstić information content (AvgIpc) is 2.69. The van der Waals surface area contributed by atoms with E-state index in [0.717, 1.165) is 0 Å². The molecule has 5 heteroatoms. The summed E-state index contributed by atoms with van der Waals surface area (Å²) in [5, 5.41) is 14.4. The molecule has 96 valence electrons. The van der Waals surface area contributed by atoms with Crippen molar-refractivity contribution in [2.75, 3.05) is 7.11 Å². The molecule has 1 atom stereocenters. The molecule has 2 aromatic rings. The lowest BCUT2D eigenvalue weighted by Gasteiger charge is -2.15. The number of aryl methyl sites for hydroxylation is 2. The Kier molecular flexibility index (Phi) is 3.34. The predicted octanol–water partition coefficient (Wildman–Crippen LogP) is 1.96. The van der Waals surface area contributed by atoms with Gasteiger partial charge in [-0.05, 0) is 30.2 Å². The molecule has 1 aromatic heterocycles. The molecular weight excluding hydrogens is 235 g/mol. The molecule has 0 aliphatic heterocycles. The van der Waals surface area contributed by atoms with Crippen LogP contribution in [0.4, 0.5) is 4.39 Å². The third-order valence-electron chi connectivity index (χ3n) is 2.95. The van der Waals surface area contributed by atoms with E-state index in [2.05, 4.69) is 5.10 Å². The van der Waals surface area contributed by atoms with Crippen molar-refractivity contribution in [1.82, 2.24) is 9.78 Å². The zero-order chi connectivity index (χ0) is 13.3. The van der Waals surface area contributed by atoms with Crippen molar-refractivity contribution in [3.05, 3.63) is 47.0 Å². The van der Waals surface area contributed by atoms with Crippen LogP contribution in [-0.2, 0) is 7.05 Å². The third-order valence-corrected chi connectivity index (χ3v) is 2.95. The summed E-state index contributed by atoms with van der Waals surface area (Å²) in [6.07, 6.45) is 0.644. The second-order valence-corrected chi connectivity index (χ2v) is 4.13. The highest BCUT2D eigenvalue weighted by atomic mass is 19.1. The van der Waals surface area contributed by atoms with Gasteiger partial charge >= 0.3 is 0 Å². The molecule has 1 aromatic carbocycles. The molecule has 1 unspecified atom stereocenters. The number of hydrogen-bond acceptors (Lipinski definition) is 3. The maximum Gasteiger partial charge on any atom is 0.162 e. The van der Waals surface area contributed by atoms with Crippen molar-refractivity contribution in [1.29, 1.82) is 0 Å². The number of benzene rings is 1. The highest BCUT2D eigenvalue weighted by molar-refractivity contribution is 5.38. The first-order valence-corrected chi connectivity index (χ1v) is 5.54. The zero-order valence-corrected chi connectivity index (χ0v) is 10.5. The molecule has 4 nitrogen and oxygen atoms in total. The predicted molar refractivity (Wildman–Crippen MR) is 65.0 cm³/mol. The van der Waals surface area contributed by atoms with Gasteiger partial charge in [0.15, 0.2) is 5.75 Å². The van der Waals surface area contributed by atoms with Gasteiger partial charge in [-0.1, -0.05) is 6.07 Å². The largest absolute Gasteiger partial charge is 0.493 e. The van der Waals surface area contributed by atoms with Crippen LogP contribution < -0.4 is 4.74 Å². The van der Waals surface area contributed by atoms with Crippen molar-refractivity contribution in [3.63, 3.8) is 0 Å². The van der Waals surface area contributed by atoms with Gasteiger partial charge in [-0.15, -0.1) is 0 Å². The van der Waals surface area contributed by atoms with E-state index >= 15 is 0 Å². The summed E-state index contributed by atoms with van der Waals surface area (Å²) in [5.41, 5.74) is 1.87. The minimum atomic E-state index is -0.895. The quantitative estimate of drug-likeness (QED) is 0.905. The molecule has 1 N–H and O–H groups in total. The van der Waals surface area contributed by atoms with Crippen molar-refractivity contribution in [3.8, 4) is 5.75 Å². The fraction of sp³-hybridized carbons (Fsp3) is 0.308. The van der Waals surface area contributed by atoms with E-state index in [0.29, 0.717) is 22.6 Å². The third kappa shape index (κ3) is 2.09. The second kappa shape index (κ2) is 4.78. The number of aliphatic hydroxyl groups excluding tert-OH is 1. The lowest BCUT2D eigenvalue weighted by Crippen LogP contribution is -2.09. The Hall–Kier alpha value is -1.88. The molecule has 0 fully saturated rings. The zero-order valence-electron chi connectivity index (χ0n) is 10.5. The van der Waals surface area contributed by atoms with Crippen LogP contribution in [0.3, 0.4) is 0 Å². The van der Waals surface area contributed by atoms with Gasteiger partial charge in [0, 0.05) is 7.05 Å². The number of hydrogen-bond donors (Lipinski definition) is 1. The molecule has 0 aliphatic rings. The normalized spacial score (nSPS) is 12.5. The molecular formula is C13H15FN2O2. The summed E-state index contributed by atoms with van der Waals surface area (Å²) in [6.45, 7) is 1.75. The molecule has 18 heavy (non-hydrogen) atoms. The van der Waals surface area contributed by atoms with Crippen molar-refractivity contribution >= 4 is 0 Å². The number of rotatable bonds is 3. The lowest BCUT2D eigenvalue weighted by molar-refractivity contribution is 0.203. The summed E-state index contributed by atoms with van der Waals surface area (Å²) in [5.74, 6) is 0.189. The van der Waals surface area contributed by atoms with Gasteiger partial charge in [0.2, 0.25) is 0 Å². The number of methoxy groups -OCH3 is 1. The van der Waals surface area contributed by atoms with Crippen LogP contribution in [-0.4, -0.2) is 22.0 Å². The van der Waals surface area contributed by atoms with Crippen LogP contribution in [0.5, 0.6) is 5.75 Å². The number of ether oxygens (including phenoxy) is 1. The summed E-state index contributed by atoms with van der Waals surface area (Å²) < 4.78 is 19.8. The first-order chi connectivity index (χ1) is 8.54. The Bertz CT molecular complexity index is 566. The molecule has 0 saturated carbocycles. The Morgan fingerprint density at radius 2 is 2.17 bits per heavy atom. The smallest absolute Gasteiger partial charge is 0.162 e. The first-order valence-electron chi connectivity index (χ1n) is 5.54. The van der Waals surface area contributed by atoms with E-state index in [4.69, 9.17) is 4.74 Å². The Balaban J connectivity index is 2.47. The molecule has 0 bridgehead atoms. The standard InChI is InChI=1S/C13H15FN2O2/c1-8-6-9(14)4-5-10(8)13(17)12-11(18-3)7-15-16(12)2/h4-7,13,17H,1-3H3. The summed E-state index contributed by atoms with van der Waals surface area (Å²) in [7, 11) is 3.24. The minimum Gasteiger partial charge on any atom is -0.493 e. The highest BCUT2D eigenvalue weighted by Crippen LogP contribution is 2.31. The van der Waals surface area contributed by atoms with Gasteiger partial charge in [0.1, 0.15) is 17.6 Å². The Labute approximate surface area is 105 Å². The van der Waals surface area contributed by atoms with Gasteiger partial charge < -0.3 is 9.84 Å².